The number of alkyl halides is 1. The molecule has 3 nitrogen and oxygen atoms in total. The summed E-state index contributed by atoms with van der Waals surface area (Å²) in [6.45, 7) is 1.74. The summed E-state index contributed by atoms with van der Waals surface area (Å²) in [7, 11) is 2.12. The van der Waals surface area contributed by atoms with E-state index in [1.165, 1.54) is 24.9 Å². The van der Waals surface area contributed by atoms with E-state index in [4.69, 9.17) is 0 Å². The van der Waals surface area contributed by atoms with Crippen LogP contribution in [0.15, 0.2) is 30.3 Å². The Kier molecular flexibility index (Phi) is 4.59. The van der Waals surface area contributed by atoms with Crippen LogP contribution in [-0.4, -0.2) is 30.4 Å². The van der Waals surface area contributed by atoms with E-state index in [0.717, 1.165) is 50.6 Å². The average Bonchev–Trinajstić information content (AvgIpc) is 2.57. The average molecular weight is 405 g/mol. The van der Waals surface area contributed by atoms with Gasteiger partial charge in [0.05, 0.1) is 5.41 Å². The van der Waals surface area contributed by atoms with E-state index in [0.29, 0.717) is 5.91 Å². The van der Waals surface area contributed by atoms with Gasteiger partial charge < -0.3 is 10.2 Å². The zero-order chi connectivity index (χ0) is 17.5. The number of nitrogens with zero attached hydrogens (tertiary/aromatic N) is 1. The van der Waals surface area contributed by atoms with Crippen LogP contribution in [0, 0.1) is 17.3 Å². The highest BCUT2D eigenvalue weighted by molar-refractivity contribution is 9.10. The molecule has 1 N–H and O–H groups in total. The third kappa shape index (κ3) is 3.47. The van der Waals surface area contributed by atoms with Gasteiger partial charge in [-0.1, -0.05) is 34.1 Å². The highest BCUT2D eigenvalue weighted by Gasteiger charge is 2.59. The molecule has 0 heterocycles. The van der Waals surface area contributed by atoms with Crippen LogP contribution in [0.3, 0.4) is 0 Å². The van der Waals surface area contributed by atoms with Crippen LogP contribution in [-0.2, 0) is 4.79 Å². The number of nitrogens with one attached hydrogen (secondary N) is 1. The van der Waals surface area contributed by atoms with Crippen molar-refractivity contribution in [1.29, 1.82) is 0 Å². The highest BCUT2D eigenvalue weighted by Crippen LogP contribution is 2.64. The Morgan fingerprint density at radius 3 is 2.52 bits per heavy atom. The van der Waals surface area contributed by atoms with Crippen molar-refractivity contribution in [3.8, 4) is 0 Å². The summed E-state index contributed by atoms with van der Waals surface area (Å²) in [4.78, 5) is 15.3. The van der Waals surface area contributed by atoms with Crippen molar-refractivity contribution in [3.63, 3.8) is 0 Å². The van der Waals surface area contributed by atoms with E-state index in [9.17, 15) is 4.79 Å². The quantitative estimate of drug-likeness (QED) is 0.563. The molecule has 4 bridgehead atoms. The smallest absolute Gasteiger partial charge is 0.226 e. The van der Waals surface area contributed by atoms with Crippen molar-refractivity contribution < 1.29 is 4.79 Å². The van der Waals surface area contributed by atoms with Gasteiger partial charge in [0.25, 0.3) is 0 Å². The molecular formula is C21H29BrN2O. The van der Waals surface area contributed by atoms with E-state index >= 15 is 0 Å². The van der Waals surface area contributed by atoms with Crippen molar-refractivity contribution in [2.24, 2.45) is 17.3 Å². The number of anilines is 1. The minimum Gasteiger partial charge on any atom is -0.375 e. The van der Waals surface area contributed by atoms with Gasteiger partial charge in [-0.3, -0.25) is 4.79 Å². The van der Waals surface area contributed by atoms with Crippen molar-refractivity contribution in [1.82, 2.24) is 5.32 Å². The van der Waals surface area contributed by atoms with Gasteiger partial charge in [0.1, 0.15) is 0 Å². The van der Waals surface area contributed by atoms with E-state index in [-0.39, 0.29) is 9.74 Å². The van der Waals surface area contributed by atoms with Crippen molar-refractivity contribution in [2.75, 3.05) is 25.0 Å². The summed E-state index contributed by atoms with van der Waals surface area (Å²) < 4.78 is 0.252. The number of benzene rings is 1. The Morgan fingerprint density at radius 2 is 1.88 bits per heavy atom. The van der Waals surface area contributed by atoms with Crippen LogP contribution in [0.1, 0.15) is 44.9 Å². The number of carbonyl (C=O) groups is 1. The topological polar surface area (TPSA) is 32.3 Å². The van der Waals surface area contributed by atoms with Gasteiger partial charge in [-0.15, -0.1) is 0 Å². The molecule has 2 unspecified atom stereocenters. The van der Waals surface area contributed by atoms with E-state index in [1.807, 2.05) is 6.07 Å². The second kappa shape index (κ2) is 6.61. The number of carbonyl (C=O) groups excluding carboxylic acids is 1. The molecule has 5 rings (SSSR count). The molecular weight excluding hydrogens is 376 g/mol. The summed E-state index contributed by atoms with van der Waals surface area (Å²) in [5.74, 6) is 1.85. The zero-order valence-corrected chi connectivity index (χ0v) is 16.7. The molecule has 4 fully saturated rings. The molecule has 0 aliphatic heterocycles. The minimum atomic E-state index is -0.0844. The Morgan fingerprint density at radius 1 is 1.20 bits per heavy atom. The summed E-state index contributed by atoms with van der Waals surface area (Å²) in [6.07, 6.45) is 8.17. The monoisotopic (exact) mass is 404 g/mol. The van der Waals surface area contributed by atoms with Crippen LogP contribution in [0.25, 0.3) is 0 Å². The third-order valence-electron chi connectivity index (χ3n) is 6.62. The molecule has 4 aliphatic rings. The molecule has 25 heavy (non-hydrogen) atoms. The summed E-state index contributed by atoms with van der Waals surface area (Å²) >= 11 is 4.00. The van der Waals surface area contributed by atoms with Crippen LogP contribution in [0.2, 0.25) is 0 Å². The molecule has 0 aromatic heterocycles. The van der Waals surface area contributed by atoms with Gasteiger partial charge >= 0.3 is 0 Å². The third-order valence-corrected chi connectivity index (χ3v) is 7.55. The lowest BCUT2D eigenvalue weighted by molar-refractivity contribution is -0.144. The van der Waals surface area contributed by atoms with E-state index in [1.54, 1.807) is 0 Å². The number of para-hydroxylation sites is 1. The molecule has 4 aliphatic carbocycles. The molecule has 4 saturated carbocycles. The zero-order valence-electron chi connectivity index (χ0n) is 15.1. The lowest BCUT2D eigenvalue weighted by atomic mass is 9.49. The van der Waals surface area contributed by atoms with Crippen LogP contribution in [0.4, 0.5) is 5.69 Å². The van der Waals surface area contributed by atoms with Gasteiger partial charge in [-0.05, 0) is 68.9 Å². The number of amides is 1. The largest absolute Gasteiger partial charge is 0.375 e. The van der Waals surface area contributed by atoms with E-state index < -0.39 is 0 Å². The van der Waals surface area contributed by atoms with Crippen molar-refractivity contribution in [3.05, 3.63) is 30.3 Å². The first-order valence-corrected chi connectivity index (χ1v) is 10.5. The van der Waals surface area contributed by atoms with Crippen molar-refractivity contribution in [2.45, 2.75) is 49.3 Å². The van der Waals surface area contributed by atoms with Gasteiger partial charge in [-0.2, -0.15) is 0 Å². The predicted molar refractivity (Wildman–Crippen MR) is 106 cm³/mol. The van der Waals surface area contributed by atoms with Gasteiger partial charge in [0, 0.05) is 30.1 Å². The molecule has 1 amide bonds. The second-order valence-corrected chi connectivity index (χ2v) is 10.4. The van der Waals surface area contributed by atoms with Gasteiger partial charge in [0.15, 0.2) is 0 Å². The lowest BCUT2D eigenvalue weighted by Gasteiger charge is -2.59. The maximum absolute atomic E-state index is 13.0. The Labute approximate surface area is 159 Å². The maximum atomic E-state index is 13.0. The number of hydrogen-bond donors (Lipinski definition) is 1. The Hall–Kier alpha value is -1.03. The van der Waals surface area contributed by atoms with Crippen LogP contribution >= 0.6 is 15.9 Å². The minimum absolute atomic E-state index is 0.0844. The second-order valence-electron chi connectivity index (χ2n) is 8.76. The van der Waals surface area contributed by atoms with E-state index in [2.05, 4.69) is 57.5 Å². The van der Waals surface area contributed by atoms with Crippen LogP contribution in [0.5, 0.6) is 0 Å². The normalized spacial score (nSPS) is 35.6. The summed E-state index contributed by atoms with van der Waals surface area (Å²) in [6, 6.07) is 10.4. The van der Waals surface area contributed by atoms with Gasteiger partial charge in [0.2, 0.25) is 5.91 Å². The molecule has 1 aromatic carbocycles. The predicted octanol–water partition coefficient (Wildman–Crippen LogP) is 4.36. The Bertz CT molecular complexity index is 618. The fraction of sp³-hybridized carbons (Fsp3) is 0.667. The number of halogens is 1. The summed E-state index contributed by atoms with van der Waals surface area (Å²) in [5, 5.41) is 3.28. The number of rotatable bonds is 6. The fourth-order valence-electron chi connectivity index (χ4n) is 5.93. The first-order valence-electron chi connectivity index (χ1n) is 9.72. The highest BCUT2D eigenvalue weighted by atomic mass is 79.9. The first-order chi connectivity index (χ1) is 12.0. The molecule has 2 atom stereocenters. The molecule has 0 spiro atoms. The molecule has 4 heteroatoms. The fourth-order valence-corrected chi connectivity index (χ4v) is 7.39. The van der Waals surface area contributed by atoms with Gasteiger partial charge in [-0.25, -0.2) is 0 Å². The molecule has 0 radical (unpaired) electrons. The number of hydrogen-bond acceptors (Lipinski definition) is 2. The first kappa shape index (κ1) is 17.4. The SMILES string of the molecule is CN(CCCNC(=O)C12CC3CC(CC(Br)(C3)C1)C2)c1ccccc1. The standard InChI is InChI=1S/C21H29BrN2O/c1-24(18-6-3-2-4-7-18)9-5-8-23-19(25)20-11-16-10-17(12-20)14-21(22,13-16)15-20/h2-4,6-7,16-17H,5,8-15H2,1H3,(H,23,25). The molecule has 1 aromatic rings. The maximum Gasteiger partial charge on any atom is 0.226 e. The van der Waals surface area contributed by atoms with Crippen molar-refractivity contribution >= 4 is 27.5 Å². The molecule has 0 saturated heterocycles. The van der Waals surface area contributed by atoms with Crippen LogP contribution < -0.4 is 10.2 Å². The Balaban J connectivity index is 1.28. The summed E-state index contributed by atoms with van der Waals surface area (Å²) in [5.41, 5.74) is 1.15. The lowest BCUT2D eigenvalue weighted by Crippen LogP contribution is -2.58. The molecule has 136 valence electrons.